The number of nitrogens with zero attached hydrogens (tertiary/aromatic N) is 2. The van der Waals surface area contributed by atoms with Gasteiger partial charge in [0.1, 0.15) is 11.5 Å². The van der Waals surface area contributed by atoms with Crippen LogP contribution in [0.25, 0.3) is 11.1 Å². The number of hydrogen-bond acceptors (Lipinski definition) is 8. The van der Waals surface area contributed by atoms with Crippen LogP contribution in [0.15, 0.2) is 53.3 Å². The number of nitrogens with two attached hydrogens (primary N) is 2. The zero-order valence-electron chi connectivity index (χ0n) is 26.8. The van der Waals surface area contributed by atoms with Crippen molar-refractivity contribution >= 4 is 39.9 Å². The SMILES string of the molecule is CC1(C)OB(c2ccnc(F)c2)OC1(C)C.Cc1cc2c(c(N)c1-c1ccnc(F)c1)CCO2.Cc1cc2c(c(N)c1Br)CCO2. The molecule has 4 aromatic rings. The molecule has 1 saturated heterocycles. The van der Waals surface area contributed by atoms with Gasteiger partial charge in [0.2, 0.25) is 11.9 Å². The zero-order valence-corrected chi connectivity index (χ0v) is 28.4. The van der Waals surface area contributed by atoms with Gasteiger partial charge in [-0.25, -0.2) is 9.97 Å². The molecule has 8 nitrogen and oxygen atoms in total. The van der Waals surface area contributed by atoms with Crippen molar-refractivity contribution in [2.45, 2.75) is 65.6 Å². The molecule has 0 aliphatic carbocycles. The average molecular weight is 695 g/mol. The molecule has 1 fully saturated rings. The van der Waals surface area contributed by atoms with E-state index in [1.807, 2.05) is 53.7 Å². The Hall–Kier alpha value is -3.74. The fourth-order valence-corrected chi connectivity index (χ4v) is 5.81. The maximum atomic E-state index is 13.2. The summed E-state index contributed by atoms with van der Waals surface area (Å²) in [5.74, 6) is 0.784. The van der Waals surface area contributed by atoms with Crippen LogP contribution in [0.2, 0.25) is 0 Å². The largest absolute Gasteiger partial charge is 0.495 e. The lowest BCUT2D eigenvalue weighted by molar-refractivity contribution is 0.00578. The van der Waals surface area contributed by atoms with Gasteiger partial charge in [-0.1, -0.05) is 0 Å². The summed E-state index contributed by atoms with van der Waals surface area (Å²) in [4.78, 5) is 7.07. The third-order valence-corrected chi connectivity index (χ3v) is 9.75. The van der Waals surface area contributed by atoms with Crippen molar-refractivity contribution in [3.63, 3.8) is 0 Å². The molecule has 0 atom stereocenters. The van der Waals surface area contributed by atoms with Gasteiger partial charge >= 0.3 is 7.12 Å². The average Bonchev–Trinajstić information content (AvgIpc) is 3.70. The highest BCUT2D eigenvalue weighted by atomic mass is 79.9. The maximum absolute atomic E-state index is 13.2. The van der Waals surface area contributed by atoms with Gasteiger partial charge in [-0.3, -0.25) is 0 Å². The van der Waals surface area contributed by atoms with Gasteiger partial charge < -0.3 is 30.2 Å². The van der Waals surface area contributed by atoms with E-state index in [-0.39, 0.29) is 0 Å². The molecule has 3 aliphatic heterocycles. The Labute approximate surface area is 277 Å². The van der Waals surface area contributed by atoms with Crippen molar-refractivity contribution in [3.8, 4) is 22.6 Å². The van der Waals surface area contributed by atoms with E-state index in [1.54, 1.807) is 12.1 Å². The summed E-state index contributed by atoms with van der Waals surface area (Å²) in [5, 5.41) is 0. The third-order valence-electron chi connectivity index (χ3n) is 8.70. The Kier molecular flexibility index (Phi) is 9.63. The molecule has 0 unspecified atom stereocenters. The first-order chi connectivity index (χ1) is 21.7. The number of nitrogen functional groups attached to an aromatic ring is 2. The highest BCUT2D eigenvalue weighted by Crippen LogP contribution is 2.41. The monoisotopic (exact) mass is 694 g/mol. The highest BCUT2D eigenvalue weighted by Gasteiger charge is 2.51. The summed E-state index contributed by atoms with van der Waals surface area (Å²) in [6.45, 7) is 13.2. The zero-order chi connectivity index (χ0) is 33.4. The van der Waals surface area contributed by atoms with Crippen LogP contribution in [0.4, 0.5) is 20.2 Å². The Bertz CT molecular complexity index is 1760. The summed E-state index contributed by atoms with van der Waals surface area (Å²) in [5.41, 5.74) is 19.4. The molecular formula is C34H38BBrF2N4O4. The van der Waals surface area contributed by atoms with Crippen molar-refractivity contribution in [2.75, 3.05) is 24.7 Å². The van der Waals surface area contributed by atoms with E-state index in [4.69, 9.17) is 30.2 Å². The van der Waals surface area contributed by atoms with Crippen molar-refractivity contribution in [1.29, 1.82) is 0 Å². The van der Waals surface area contributed by atoms with Crippen LogP contribution in [0.5, 0.6) is 11.5 Å². The minimum Gasteiger partial charge on any atom is -0.493 e. The van der Waals surface area contributed by atoms with E-state index in [1.165, 1.54) is 24.5 Å². The molecule has 7 rings (SSSR count). The summed E-state index contributed by atoms with van der Waals surface area (Å²) >= 11 is 3.45. The van der Waals surface area contributed by atoms with E-state index in [0.717, 1.165) is 74.5 Å². The third kappa shape index (κ3) is 6.84. The number of hydrogen-bond donors (Lipinski definition) is 2. The number of fused-ring (bicyclic) bond motifs is 2. The van der Waals surface area contributed by atoms with Crippen molar-refractivity contribution < 1.29 is 27.6 Å². The normalized spacial score (nSPS) is 16.7. The molecule has 242 valence electrons. The van der Waals surface area contributed by atoms with E-state index in [2.05, 4.69) is 25.9 Å². The van der Waals surface area contributed by atoms with Crippen LogP contribution in [-0.4, -0.2) is 41.5 Å². The first-order valence-corrected chi connectivity index (χ1v) is 15.8. The number of aryl methyl sites for hydroxylation is 2. The molecule has 2 aromatic carbocycles. The van der Waals surface area contributed by atoms with E-state index < -0.39 is 30.2 Å². The van der Waals surface area contributed by atoms with Crippen LogP contribution in [0.1, 0.15) is 49.9 Å². The Balaban J connectivity index is 0.000000139. The van der Waals surface area contributed by atoms with E-state index >= 15 is 0 Å². The number of anilines is 2. The fourth-order valence-electron chi connectivity index (χ4n) is 5.46. The summed E-state index contributed by atoms with van der Waals surface area (Å²) in [6, 6.07) is 10.2. The number of halogens is 3. The molecule has 12 heteroatoms. The van der Waals surface area contributed by atoms with Gasteiger partial charge in [-0.2, -0.15) is 8.78 Å². The van der Waals surface area contributed by atoms with Gasteiger partial charge in [-0.15, -0.1) is 0 Å². The van der Waals surface area contributed by atoms with Gasteiger partial charge in [0.25, 0.3) is 0 Å². The van der Waals surface area contributed by atoms with Gasteiger partial charge in [-0.05, 0) is 110 Å². The standard InChI is InChI=1S/C14H13FN2O.C11H15BFNO2.C9H10BrNO/c1-8-6-11-10(3-5-18-11)14(16)13(8)9-2-4-17-12(15)7-9;1-10(2)11(3,4)16-12(15-10)8-5-6-14-9(13)7-8;1-5-4-7-6(2-3-12-7)9(11)8(5)10/h2,4,6-7H,3,5,16H2,1H3;5-7H,1-4H3;4H,2-3,11H2,1H3. The summed E-state index contributed by atoms with van der Waals surface area (Å²) in [6.07, 6.45) is 4.60. The lowest BCUT2D eigenvalue weighted by Gasteiger charge is -2.32. The molecule has 0 amide bonds. The topological polar surface area (TPSA) is 115 Å². The molecule has 46 heavy (non-hydrogen) atoms. The Morgan fingerprint density at radius 1 is 0.761 bits per heavy atom. The Morgan fingerprint density at radius 2 is 1.28 bits per heavy atom. The van der Waals surface area contributed by atoms with Crippen LogP contribution >= 0.6 is 15.9 Å². The van der Waals surface area contributed by atoms with E-state index in [0.29, 0.717) is 17.8 Å². The number of ether oxygens (including phenoxy) is 2. The first kappa shape index (κ1) is 33.6. The van der Waals surface area contributed by atoms with Gasteiger partial charge in [0.15, 0.2) is 0 Å². The number of pyridine rings is 2. The Morgan fingerprint density at radius 3 is 1.85 bits per heavy atom. The van der Waals surface area contributed by atoms with Crippen LogP contribution in [-0.2, 0) is 22.2 Å². The second-order valence-electron chi connectivity index (χ2n) is 12.4. The second-order valence-corrected chi connectivity index (χ2v) is 13.2. The maximum Gasteiger partial charge on any atom is 0.495 e. The predicted molar refractivity (Wildman–Crippen MR) is 180 cm³/mol. The van der Waals surface area contributed by atoms with Crippen molar-refractivity contribution in [1.82, 2.24) is 9.97 Å². The minimum absolute atomic E-state index is 0.405. The molecule has 0 bridgehead atoms. The van der Waals surface area contributed by atoms with Crippen molar-refractivity contribution in [2.24, 2.45) is 0 Å². The molecule has 2 aromatic heterocycles. The van der Waals surface area contributed by atoms with Crippen LogP contribution in [0, 0.1) is 25.7 Å². The molecule has 4 N–H and O–H groups in total. The van der Waals surface area contributed by atoms with Crippen LogP contribution < -0.4 is 26.4 Å². The lowest BCUT2D eigenvalue weighted by atomic mass is 9.80. The van der Waals surface area contributed by atoms with Crippen molar-refractivity contribution in [3.05, 3.63) is 87.4 Å². The predicted octanol–water partition coefficient (Wildman–Crippen LogP) is 6.51. The first-order valence-electron chi connectivity index (χ1n) is 15.0. The van der Waals surface area contributed by atoms with Gasteiger partial charge in [0.05, 0.1) is 30.1 Å². The smallest absolute Gasteiger partial charge is 0.493 e. The minimum atomic E-state index is -0.525. The quantitative estimate of drug-likeness (QED) is 0.139. The summed E-state index contributed by atoms with van der Waals surface area (Å²) in [7, 11) is -0.525. The second kappa shape index (κ2) is 13.2. The fraction of sp³-hybridized carbons (Fsp3) is 0.353. The molecule has 3 aliphatic rings. The molecular weight excluding hydrogens is 657 g/mol. The van der Waals surface area contributed by atoms with Crippen LogP contribution in [0.3, 0.4) is 0 Å². The molecule has 5 heterocycles. The number of rotatable bonds is 2. The van der Waals surface area contributed by atoms with E-state index in [9.17, 15) is 8.78 Å². The summed E-state index contributed by atoms with van der Waals surface area (Å²) < 4.78 is 49.7. The number of benzene rings is 2. The number of aromatic nitrogens is 2. The van der Waals surface area contributed by atoms with Gasteiger partial charge in [0, 0.05) is 58.2 Å². The lowest BCUT2D eigenvalue weighted by Crippen LogP contribution is -2.41. The molecule has 0 saturated carbocycles. The highest BCUT2D eigenvalue weighted by molar-refractivity contribution is 9.10. The molecule has 0 radical (unpaired) electrons. The molecule has 0 spiro atoms.